The molecule has 2 rings (SSSR count). The summed E-state index contributed by atoms with van der Waals surface area (Å²) in [5.74, 6) is -1.14. The molecular formula is C23H29NO5. The maximum Gasteiger partial charge on any atom is 0.316 e. The predicted molar refractivity (Wildman–Crippen MR) is 110 cm³/mol. The molecule has 2 unspecified atom stereocenters. The normalized spacial score (nSPS) is 12.8. The van der Waals surface area contributed by atoms with Gasteiger partial charge in [-0.25, -0.2) is 5.06 Å². The number of aliphatic hydroxyl groups excluding tert-OH is 1. The Hall–Kier alpha value is -2.70. The van der Waals surface area contributed by atoms with Crippen molar-refractivity contribution in [3.63, 3.8) is 0 Å². The fraction of sp³-hybridized carbons (Fsp3) is 0.391. The summed E-state index contributed by atoms with van der Waals surface area (Å²) in [6, 6.07) is 18.8. The van der Waals surface area contributed by atoms with E-state index < -0.39 is 18.0 Å². The second-order valence-corrected chi connectivity index (χ2v) is 6.71. The quantitative estimate of drug-likeness (QED) is 0.242. The number of amides is 1. The van der Waals surface area contributed by atoms with Gasteiger partial charge in [0.05, 0.1) is 12.7 Å². The highest BCUT2D eigenvalue weighted by Crippen LogP contribution is 2.25. The van der Waals surface area contributed by atoms with Gasteiger partial charge in [0.2, 0.25) is 6.41 Å². The van der Waals surface area contributed by atoms with Crippen LogP contribution in [0.1, 0.15) is 43.2 Å². The zero-order chi connectivity index (χ0) is 20.9. The maximum atomic E-state index is 12.3. The summed E-state index contributed by atoms with van der Waals surface area (Å²) in [7, 11) is 0. The van der Waals surface area contributed by atoms with E-state index in [1.165, 1.54) is 5.06 Å². The van der Waals surface area contributed by atoms with Crippen LogP contribution in [0.25, 0.3) is 0 Å². The van der Waals surface area contributed by atoms with Crippen LogP contribution in [0.15, 0.2) is 60.7 Å². The van der Waals surface area contributed by atoms with E-state index in [0.717, 1.165) is 11.1 Å². The number of ether oxygens (including phenoxy) is 1. The first-order valence-electron chi connectivity index (χ1n) is 9.94. The van der Waals surface area contributed by atoms with Gasteiger partial charge in [-0.15, -0.1) is 0 Å². The van der Waals surface area contributed by atoms with E-state index in [0.29, 0.717) is 38.8 Å². The molecule has 0 saturated carbocycles. The Kier molecular flexibility index (Phi) is 9.89. The number of unbranched alkanes of at least 4 members (excludes halogenated alkanes) is 1. The van der Waals surface area contributed by atoms with Crippen molar-refractivity contribution < 1.29 is 24.3 Å². The molecule has 29 heavy (non-hydrogen) atoms. The standard InChI is InChI=1S/C23H29NO5/c1-2-28-23(27)22(20-13-7-4-8-14-20)21(26)15-9-10-16-24(18-25)29-17-19-11-5-3-6-12-19/h3-8,11-14,18,21-22,26H,2,9-10,15-17H2,1H3. The van der Waals surface area contributed by atoms with Gasteiger partial charge in [0.25, 0.3) is 0 Å². The first-order chi connectivity index (χ1) is 14.2. The largest absolute Gasteiger partial charge is 0.465 e. The van der Waals surface area contributed by atoms with Crippen LogP contribution in [0.5, 0.6) is 0 Å². The van der Waals surface area contributed by atoms with E-state index in [4.69, 9.17) is 9.57 Å². The van der Waals surface area contributed by atoms with Crippen molar-refractivity contribution in [3.8, 4) is 0 Å². The maximum absolute atomic E-state index is 12.3. The van der Waals surface area contributed by atoms with Gasteiger partial charge in [-0.3, -0.25) is 14.4 Å². The number of carbonyl (C=O) groups is 2. The second kappa shape index (κ2) is 12.7. The fourth-order valence-electron chi connectivity index (χ4n) is 3.07. The Bertz CT molecular complexity index is 723. The molecule has 6 heteroatoms. The van der Waals surface area contributed by atoms with Gasteiger partial charge in [-0.05, 0) is 37.3 Å². The van der Waals surface area contributed by atoms with Crippen LogP contribution in [0.4, 0.5) is 0 Å². The van der Waals surface area contributed by atoms with Crippen molar-refractivity contribution in [3.05, 3.63) is 71.8 Å². The van der Waals surface area contributed by atoms with Crippen molar-refractivity contribution in [1.82, 2.24) is 5.06 Å². The molecule has 0 fully saturated rings. The van der Waals surface area contributed by atoms with E-state index >= 15 is 0 Å². The monoisotopic (exact) mass is 399 g/mol. The molecule has 0 bridgehead atoms. The summed E-state index contributed by atoms with van der Waals surface area (Å²) in [5, 5.41) is 11.9. The number of rotatable bonds is 13. The minimum Gasteiger partial charge on any atom is -0.465 e. The van der Waals surface area contributed by atoms with Crippen molar-refractivity contribution >= 4 is 12.4 Å². The first-order valence-corrected chi connectivity index (χ1v) is 9.94. The first kappa shape index (κ1) is 22.6. The highest BCUT2D eigenvalue weighted by molar-refractivity contribution is 5.78. The molecule has 0 aliphatic heterocycles. The van der Waals surface area contributed by atoms with Crippen LogP contribution >= 0.6 is 0 Å². The Labute approximate surface area is 172 Å². The third kappa shape index (κ3) is 7.68. The molecule has 156 valence electrons. The summed E-state index contributed by atoms with van der Waals surface area (Å²) >= 11 is 0. The molecule has 0 saturated heterocycles. The van der Waals surface area contributed by atoms with Crippen molar-refractivity contribution in [2.45, 2.75) is 44.8 Å². The molecule has 1 amide bonds. The van der Waals surface area contributed by atoms with Gasteiger partial charge in [0.15, 0.2) is 0 Å². The molecule has 1 N–H and O–H groups in total. The number of esters is 1. The van der Waals surface area contributed by atoms with Crippen LogP contribution in [0, 0.1) is 0 Å². The lowest BCUT2D eigenvalue weighted by molar-refractivity contribution is -0.177. The molecule has 0 spiro atoms. The van der Waals surface area contributed by atoms with Gasteiger partial charge >= 0.3 is 5.97 Å². The van der Waals surface area contributed by atoms with E-state index in [9.17, 15) is 14.7 Å². The molecular weight excluding hydrogens is 370 g/mol. The van der Waals surface area contributed by atoms with Crippen LogP contribution in [0.2, 0.25) is 0 Å². The van der Waals surface area contributed by atoms with E-state index in [1.54, 1.807) is 6.92 Å². The lowest BCUT2D eigenvalue weighted by Crippen LogP contribution is -2.28. The fourth-order valence-corrected chi connectivity index (χ4v) is 3.07. The Morgan fingerprint density at radius 2 is 1.72 bits per heavy atom. The zero-order valence-corrected chi connectivity index (χ0v) is 16.8. The number of hydroxylamine groups is 2. The number of aliphatic hydroxyl groups is 1. The minimum atomic E-state index is -0.855. The molecule has 0 heterocycles. The number of hydrogen-bond donors (Lipinski definition) is 1. The van der Waals surface area contributed by atoms with E-state index in [2.05, 4.69) is 0 Å². The topological polar surface area (TPSA) is 76.1 Å². The zero-order valence-electron chi connectivity index (χ0n) is 16.8. The third-order valence-electron chi connectivity index (χ3n) is 4.57. The number of benzene rings is 2. The second-order valence-electron chi connectivity index (χ2n) is 6.71. The lowest BCUT2D eigenvalue weighted by Gasteiger charge is -2.22. The van der Waals surface area contributed by atoms with E-state index in [1.807, 2.05) is 60.7 Å². The molecule has 6 nitrogen and oxygen atoms in total. The summed E-state index contributed by atoms with van der Waals surface area (Å²) in [5.41, 5.74) is 1.72. The Balaban J connectivity index is 1.80. The van der Waals surface area contributed by atoms with Gasteiger partial charge in [0, 0.05) is 6.54 Å². The minimum absolute atomic E-state index is 0.266. The van der Waals surface area contributed by atoms with Crippen LogP contribution in [-0.4, -0.2) is 41.8 Å². The molecule has 2 aromatic carbocycles. The molecule has 0 aliphatic rings. The molecule has 0 aliphatic carbocycles. The summed E-state index contributed by atoms with van der Waals surface area (Å²) in [4.78, 5) is 29.0. The van der Waals surface area contributed by atoms with Gasteiger partial charge in [-0.1, -0.05) is 60.7 Å². The van der Waals surface area contributed by atoms with Crippen LogP contribution in [-0.2, 0) is 25.8 Å². The van der Waals surface area contributed by atoms with Crippen molar-refractivity contribution in [2.75, 3.05) is 13.2 Å². The van der Waals surface area contributed by atoms with Gasteiger partial charge in [0.1, 0.15) is 12.5 Å². The molecule has 2 aromatic rings. The average molecular weight is 399 g/mol. The predicted octanol–water partition coefficient (Wildman–Crippen LogP) is 3.45. The summed E-state index contributed by atoms with van der Waals surface area (Å²) in [6.07, 6.45) is 1.51. The van der Waals surface area contributed by atoms with Gasteiger partial charge in [-0.2, -0.15) is 0 Å². The van der Waals surface area contributed by atoms with Gasteiger partial charge < -0.3 is 9.84 Å². The summed E-state index contributed by atoms with van der Waals surface area (Å²) in [6.45, 7) is 2.75. The highest BCUT2D eigenvalue weighted by Gasteiger charge is 2.29. The van der Waals surface area contributed by atoms with Crippen LogP contribution in [0.3, 0.4) is 0 Å². The number of carbonyl (C=O) groups excluding carboxylic acids is 2. The average Bonchev–Trinajstić information content (AvgIpc) is 2.75. The smallest absolute Gasteiger partial charge is 0.316 e. The number of hydrogen-bond acceptors (Lipinski definition) is 5. The summed E-state index contributed by atoms with van der Waals surface area (Å²) < 4.78 is 5.14. The third-order valence-corrected chi connectivity index (χ3v) is 4.57. The van der Waals surface area contributed by atoms with E-state index in [-0.39, 0.29) is 6.61 Å². The Morgan fingerprint density at radius 1 is 1.07 bits per heavy atom. The van der Waals surface area contributed by atoms with Crippen molar-refractivity contribution in [1.29, 1.82) is 0 Å². The van der Waals surface area contributed by atoms with Crippen LogP contribution < -0.4 is 0 Å². The molecule has 0 aromatic heterocycles. The molecule has 2 atom stereocenters. The molecule has 0 radical (unpaired) electrons. The SMILES string of the molecule is CCOC(=O)C(c1ccccc1)C(O)CCCCN(C=O)OCc1ccccc1. The van der Waals surface area contributed by atoms with Crippen molar-refractivity contribution in [2.24, 2.45) is 0 Å². The lowest BCUT2D eigenvalue weighted by atomic mass is 9.90. The highest BCUT2D eigenvalue weighted by atomic mass is 16.7. The Morgan fingerprint density at radius 3 is 2.34 bits per heavy atom. The number of nitrogens with zero attached hydrogens (tertiary/aromatic N) is 1.